The van der Waals surface area contributed by atoms with E-state index in [1.54, 1.807) is 12.1 Å². The molecule has 4 aromatic rings. The fourth-order valence-corrected chi connectivity index (χ4v) is 3.91. The summed E-state index contributed by atoms with van der Waals surface area (Å²) in [6, 6.07) is 22.7. The first kappa shape index (κ1) is 18.9. The average molecular weight is 406 g/mol. The second-order valence-electron chi connectivity index (χ2n) is 6.44. The minimum atomic E-state index is -3.70. The predicted molar refractivity (Wildman–Crippen MR) is 111 cm³/mol. The van der Waals surface area contributed by atoms with E-state index >= 15 is 0 Å². The molecule has 0 aliphatic carbocycles. The smallest absolute Gasteiger partial charge is 0.255 e. The van der Waals surface area contributed by atoms with E-state index in [4.69, 9.17) is 4.42 Å². The number of rotatable bonds is 6. The standard InChI is InChI=1S/C22H18N2O4S/c25-22(24-19-10-7-16-4-1-2-5-18(16)14-19)17-8-11-21(12-9-17)29(26,27)23-15-20-6-3-13-28-20/h1-14,23H,15H2,(H,24,25). The summed E-state index contributed by atoms with van der Waals surface area (Å²) in [6.45, 7) is 0.0551. The van der Waals surface area contributed by atoms with Gasteiger partial charge in [-0.2, -0.15) is 0 Å². The Morgan fingerprint density at radius 2 is 1.62 bits per heavy atom. The van der Waals surface area contributed by atoms with Gasteiger partial charge in [0.15, 0.2) is 0 Å². The van der Waals surface area contributed by atoms with Crippen molar-refractivity contribution in [3.05, 3.63) is 96.4 Å². The van der Waals surface area contributed by atoms with Crippen molar-refractivity contribution in [2.45, 2.75) is 11.4 Å². The fraction of sp³-hybridized carbons (Fsp3) is 0.0455. The van der Waals surface area contributed by atoms with Gasteiger partial charge in [-0.15, -0.1) is 0 Å². The number of fused-ring (bicyclic) bond motifs is 1. The second kappa shape index (κ2) is 7.90. The normalized spacial score (nSPS) is 11.4. The van der Waals surface area contributed by atoms with Crippen LogP contribution < -0.4 is 10.0 Å². The summed E-state index contributed by atoms with van der Waals surface area (Å²) >= 11 is 0. The molecule has 3 aromatic carbocycles. The third-order valence-corrected chi connectivity index (χ3v) is 5.87. The summed E-state index contributed by atoms with van der Waals surface area (Å²) < 4.78 is 32.3. The Labute approximate surface area is 168 Å². The van der Waals surface area contributed by atoms with Crippen molar-refractivity contribution < 1.29 is 17.6 Å². The third-order valence-electron chi connectivity index (χ3n) is 4.45. The zero-order valence-corrected chi connectivity index (χ0v) is 16.1. The summed E-state index contributed by atoms with van der Waals surface area (Å²) in [4.78, 5) is 12.6. The molecule has 1 heterocycles. The molecule has 0 spiro atoms. The molecule has 0 saturated heterocycles. The number of carbonyl (C=O) groups excluding carboxylic acids is 1. The number of hydrogen-bond acceptors (Lipinski definition) is 4. The molecule has 0 bridgehead atoms. The third kappa shape index (κ3) is 4.37. The molecule has 0 aliphatic rings. The van der Waals surface area contributed by atoms with E-state index in [1.807, 2.05) is 42.5 Å². The van der Waals surface area contributed by atoms with E-state index < -0.39 is 10.0 Å². The van der Waals surface area contributed by atoms with Crippen LogP contribution in [-0.4, -0.2) is 14.3 Å². The summed E-state index contributed by atoms with van der Waals surface area (Å²) in [5.41, 5.74) is 1.04. The summed E-state index contributed by atoms with van der Waals surface area (Å²) in [7, 11) is -3.70. The van der Waals surface area contributed by atoms with E-state index in [-0.39, 0.29) is 17.3 Å². The van der Waals surface area contributed by atoms with Crippen molar-refractivity contribution >= 4 is 32.4 Å². The van der Waals surface area contributed by atoms with Gasteiger partial charge in [0.2, 0.25) is 10.0 Å². The number of carbonyl (C=O) groups is 1. The van der Waals surface area contributed by atoms with Crippen molar-refractivity contribution in [3.8, 4) is 0 Å². The number of nitrogens with one attached hydrogen (secondary N) is 2. The first-order valence-corrected chi connectivity index (χ1v) is 10.4. The van der Waals surface area contributed by atoms with Gasteiger partial charge in [-0.1, -0.05) is 30.3 Å². The molecule has 7 heteroatoms. The van der Waals surface area contributed by atoms with E-state index in [1.165, 1.54) is 30.5 Å². The highest BCUT2D eigenvalue weighted by atomic mass is 32.2. The van der Waals surface area contributed by atoms with Crippen molar-refractivity contribution in [2.24, 2.45) is 0 Å². The molecule has 1 aromatic heterocycles. The average Bonchev–Trinajstić information content (AvgIpc) is 3.26. The Bertz CT molecular complexity index is 1250. The van der Waals surface area contributed by atoms with Crippen LogP contribution in [0.2, 0.25) is 0 Å². The van der Waals surface area contributed by atoms with Gasteiger partial charge in [-0.3, -0.25) is 4.79 Å². The molecular formula is C22H18N2O4S. The lowest BCUT2D eigenvalue weighted by molar-refractivity contribution is 0.102. The highest BCUT2D eigenvalue weighted by Crippen LogP contribution is 2.20. The maximum Gasteiger partial charge on any atom is 0.255 e. The van der Waals surface area contributed by atoms with Crippen molar-refractivity contribution in [1.29, 1.82) is 0 Å². The van der Waals surface area contributed by atoms with Gasteiger partial charge in [0.1, 0.15) is 5.76 Å². The van der Waals surface area contributed by atoms with Gasteiger partial charge < -0.3 is 9.73 Å². The van der Waals surface area contributed by atoms with Gasteiger partial charge in [0, 0.05) is 11.3 Å². The topological polar surface area (TPSA) is 88.4 Å². The minimum Gasteiger partial charge on any atom is -0.468 e. The van der Waals surface area contributed by atoms with Crippen molar-refractivity contribution in [3.63, 3.8) is 0 Å². The largest absolute Gasteiger partial charge is 0.468 e. The molecule has 1 amide bonds. The number of benzene rings is 3. The maximum atomic E-state index is 12.5. The SMILES string of the molecule is O=C(Nc1ccc2ccccc2c1)c1ccc(S(=O)(=O)NCc2ccco2)cc1. The van der Waals surface area contributed by atoms with E-state index in [9.17, 15) is 13.2 Å². The molecule has 4 rings (SSSR count). The van der Waals surface area contributed by atoms with Crippen LogP contribution in [0.25, 0.3) is 10.8 Å². The van der Waals surface area contributed by atoms with Crippen LogP contribution in [0.5, 0.6) is 0 Å². The molecule has 146 valence electrons. The predicted octanol–water partition coefficient (Wildman–Crippen LogP) is 4.16. The van der Waals surface area contributed by atoms with Crippen LogP contribution in [0.1, 0.15) is 16.1 Å². The molecular weight excluding hydrogens is 388 g/mol. The van der Waals surface area contributed by atoms with Gasteiger partial charge in [0.05, 0.1) is 17.7 Å². The summed E-state index contributed by atoms with van der Waals surface area (Å²) in [5, 5.41) is 4.94. The van der Waals surface area contributed by atoms with Gasteiger partial charge in [-0.05, 0) is 59.3 Å². The first-order chi connectivity index (χ1) is 14.0. The van der Waals surface area contributed by atoms with Gasteiger partial charge in [0.25, 0.3) is 5.91 Å². The lowest BCUT2D eigenvalue weighted by atomic mass is 10.1. The minimum absolute atomic E-state index is 0.0551. The molecule has 0 fully saturated rings. The molecule has 2 N–H and O–H groups in total. The number of sulfonamides is 1. The molecule has 6 nitrogen and oxygen atoms in total. The Balaban J connectivity index is 1.45. The Hall–Kier alpha value is -3.42. The van der Waals surface area contributed by atoms with Crippen LogP contribution in [0.4, 0.5) is 5.69 Å². The van der Waals surface area contributed by atoms with Crippen LogP contribution in [-0.2, 0) is 16.6 Å². The number of hydrogen-bond donors (Lipinski definition) is 2. The Morgan fingerprint density at radius 1 is 0.862 bits per heavy atom. The lowest BCUT2D eigenvalue weighted by Crippen LogP contribution is -2.23. The number of amides is 1. The Kier molecular flexibility index (Phi) is 5.16. The monoisotopic (exact) mass is 406 g/mol. The molecule has 0 aliphatic heterocycles. The van der Waals surface area contributed by atoms with Crippen LogP contribution in [0.3, 0.4) is 0 Å². The van der Waals surface area contributed by atoms with E-state index in [0.717, 1.165) is 10.8 Å². The van der Waals surface area contributed by atoms with Gasteiger partial charge >= 0.3 is 0 Å². The second-order valence-corrected chi connectivity index (χ2v) is 8.21. The zero-order valence-electron chi connectivity index (χ0n) is 15.3. The zero-order chi connectivity index (χ0) is 20.3. The van der Waals surface area contributed by atoms with Gasteiger partial charge in [-0.25, -0.2) is 13.1 Å². The van der Waals surface area contributed by atoms with E-state index in [0.29, 0.717) is 17.0 Å². The number of anilines is 1. The molecule has 0 saturated carbocycles. The van der Waals surface area contributed by atoms with Crippen LogP contribution in [0, 0.1) is 0 Å². The summed E-state index contributed by atoms with van der Waals surface area (Å²) in [6.07, 6.45) is 1.48. The van der Waals surface area contributed by atoms with Crippen molar-refractivity contribution in [2.75, 3.05) is 5.32 Å². The molecule has 29 heavy (non-hydrogen) atoms. The Morgan fingerprint density at radius 3 is 2.34 bits per heavy atom. The lowest BCUT2D eigenvalue weighted by Gasteiger charge is -2.08. The van der Waals surface area contributed by atoms with Crippen LogP contribution >= 0.6 is 0 Å². The maximum absolute atomic E-state index is 12.5. The fourth-order valence-electron chi connectivity index (χ4n) is 2.92. The number of furan rings is 1. The quantitative estimate of drug-likeness (QED) is 0.503. The molecule has 0 atom stereocenters. The first-order valence-electron chi connectivity index (χ1n) is 8.93. The molecule has 0 unspecified atom stereocenters. The highest BCUT2D eigenvalue weighted by molar-refractivity contribution is 7.89. The highest BCUT2D eigenvalue weighted by Gasteiger charge is 2.15. The van der Waals surface area contributed by atoms with E-state index in [2.05, 4.69) is 10.0 Å². The van der Waals surface area contributed by atoms with Crippen molar-refractivity contribution in [1.82, 2.24) is 4.72 Å². The molecule has 0 radical (unpaired) electrons. The summed E-state index contributed by atoms with van der Waals surface area (Å²) in [5.74, 6) is 0.202. The van der Waals surface area contributed by atoms with Crippen LogP contribution in [0.15, 0.2) is 94.4 Å².